The summed E-state index contributed by atoms with van der Waals surface area (Å²) in [7, 11) is 0. The predicted molar refractivity (Wildman–Crippen MR) is 51.8 cm³/mol. The van der Waals surface area contributed by atoms with Crippen LogP contribution in [0.4, 0.5) is 0 Å². The van der Waals surface area contributed by atoms with Gasteiger partial charge in [-0.1, -0.05) is 6.07 Å². The molecule has 4 heteroatoms. The minimum absolute atomic E-state index is 0.104. The molecule has 0 N–H and O–H groups in total. The molecule has 0 saturated heterocycles. The van der Waals surface area contributed by atoms with Crippen LogP contribution in [0, 0.1) is 0 Å². The van der Waals surface area contributed by atoms with Crippen molar-refractivity contribution >= 4 is 5.91 Å². The minimum Gasteiger partial charge on any atom is -0.273 e. The number of nitrogens with zero attached hydrogens (tertiary/aromatic N) is 3. The molecule has 0 aromatic carbocycles. The third-order valence-electron chi connectivity index (χ3n) is 1.84. The van der Waals surface area contributed by atoms with Crippen LogP contribution in [0.25, 0.3) is 11.4 Å². The fraction of sp³-hybridized carbons (Fsp3) is 0.100. The van der Waals surface area contributed by atoms with E-state index in [0.717, 1.165) is 5.69 Å². The minimum atomic E-state index is -0.104. The van der Waals surface area contributed by atoms with Crippen molar-refractivity contribution in [2.45, 2.75) is 6.92 Å². The first-order valence-electron chi connectivity index (χ1n) is 4.25. The maximum Gasteiger partial charge on any atom is 0.243 e. The molecule has 0 spiro atoms. The van der Waals surface area contributed by atoms with Crippen LogP contribution in [0.3, 0.4) is 0 Å². The molecule has 0 fully saturated rings. The lowest BCUT2D eigenvalue weighted by atomic mass is 10.3. The van der Waals surface area contributed by atoms with E-state index in [1.807, 2.05) is 18.2 Å². The standard InChI is InChI=1S/C10H9N3O/c1-8(14)13-7-5-10(12-13)9-4-2-3-6-11-9/h2-7H,1H3. The van der Waals surface area contributed by atoms with Crippen LogP contribution in [0.5, 0.6) is 0 Å². The Hall–Kier alpha value is -1.97. The van der Waals surface area contributed by atoms with E-state index < -0.39 is 0 Å². The molecule has 2 aromatic heterocycles. The molecular formula is C10H9N3O. The Labute approximate surface area is 81.2 Å². The van der Waals surface area contributed by atoms with Gasteiger partial charge in [0.2, 0.25) is 5.91 Å². The molecule has 0 aliphatic rings. The van der Waals surface area contributed by atoms with E-state index >= 15 is 0 Å². The average Bonchev–Trinajstić information content (AvgIpc) is 2.68. The number of pyridine rings is 1. The molecule has 0 aliphatic heterocycles. The molecule has 0 amide bonds. The monoisotopic (exact) mass is 187 g/mol. The van der Waals surface area contributed by atoms with Gasteiger partial charge in [0.1, 0.15) is 5.69 Å². The van der Waals surface area contributed by atoms with Crippen LogP contribution in [0.2, 0.25) is 0 Å². The molecule has 0 radical (unpaired) electrons. The van der Waals surface area contributed by atoms with Crippen molar-refractivity contribution in [3.05, 3.63) is 36.7 Å². The Balaban J connectivity index is 2.39. The molecule has 2 rings (SSSR count). The first kappa shape index (κ1) is 8.62. The lowest BCUT2D eigenvalue weighted by Gasteiger charge is -1.93. The average molecular weight is 187 g/mol. The Bertz CT molecular complexity index is 447. The third-order valence-corrected chi connectivity index (χ3v) is 1.84. The van der Waals surface area contributed by atoms with Gasteiger partial charge in [0.05, 0.1) is 5.69 Å². The largest absolute Gasteiger partial charge is 0.273 e. The summed E-state index contributed by atoms with van der Waals surface area (Å²) in [5.41, 5.74) is 1.48. The summed E-state index contributed by atoms with van der Waals surface area (Å²) >= 11 is 0. The summed E-state index contributed by atoms with van der Waals surface area (Å²) in [4.78, 5) is 15.1. The van der Waals surface area contributed by atoms with Gasteiger partial charge >= 0.3 is 0 Å². The molecule has 4 nitrogen and oxygen atoms in total. The topological polar surface area (TPSA) is 47.8 Å². The maximum absolute atomic E-state index is 11.0. The Morgan fingerprint density at radius 3 is 2.71 bits per heavy atom. The van der Waals surface area contributed by atoms with Gasteiger partial charge in [0.15, 0.2) is 0 Å². The smallest absolute Gasteiger partial charge is 0.243 e. The van der Waals surface area contributed by atoms with E-state index in [1.165, 1.54) is 11.6 Å². The molecular weight excluding hydrogens is 178 g/mol. The molecule has 0 atom stereocenters. The SMILES string of the molecule is CC(=O)n1ccc(-c2ccccn2)n1. The van der Waals surface area contributed by atoms with Gasteiger partial charge in [-0.15, -0.1) is 0 Å². The zero-order valence-corrected chi connectivity index (χ0v) is 7.71. The van der Waals surface area contributed by atoms with Crippen LogP contribution in [0.15, 0.2) is 36.7 Å². The van der Waals surface area contributed by atoms with Gasteiger partial charge in [-0.3, -0.25) is 9.78 Å². The lowest BCUT2D eigenvalue weighted by Crippen LogP contribution is -2.05. The maximum atomic E-state index is 11.0. The second-order valence-electron chi connectivity index (χ2n) is 2.88. The van der Waals surface area contributed by atoms with Crippen LogP contribution in [-0.2, 0) is 0 Å². The van der Waals surface area contributed by atoms with E-state index in [1.54, 1.807) is 18.5 Å². The fourth-order valence-corrected chi connectivity index (χ4v) is 1.15. The Kier molecular flexibility index (Phi) is 2.10. The van der Waals surface area contributed by atoms with E-state index in [2.05, 4.69) is 10.1 Å². The fourth-order valence-electron chi connectivity index (χ4n) is 1.15. The van der Waals surface area contributed by atoms with E-state index in [-0.39, 0.29) is 5.91 Å². The van der Waals surface area contributed by atoms with Gasteiger partial charge in [0, 0.05) is 19.3 Å². The highest BCUT2D eigenvalue weighted by Crippen LogP contribution is 2.12. The number of hydrogen-bond donors (Lipinski definition) is 0. The molecule has 0 saturated carbocycles. The summed E-state index contributed by atoms with van der Waals surface area (Å²) < 4.78 is 1.30. The van der Waals surface area contributed by atoms with Crippen molar-refractivity contribution in [3.8, 4) is 11.4 Å². The molecule has 2 heterocycles. The predicted octanol–water partition coefficient (Wildman–Crippen LogP) is 1.61. The van der Waals surface area contributed by atoms with Gasteiger partial charge in [0.25, 0.3) is 0 Å². The quantitative estimate of drug-likeness (QED) is 0.681. The summed E-state index contributed by atoms with van der Waals surface area (Å²) in [6.07, 6.45) is 3.33. The highest BCUT2D eigenvalue weighted by Gasteiger charge is 2.04. The first-order valence-corrected chi connectivity index (χ1v) is 4.25. The van der Waals surface area contributed by atoms with Crippen molar-refractivity contribution in [2.24, 2.45) is 0 Å². The van der Waals surface area contributed by atoms with Crippen LogP contribution in [0.1, 0.15) is 11.7 Å². The Morgan fingerprint density at radius 2 is 2.14 bits per heavy atom. The number of carbonyl (C=O) groups excluding carboxylic acids is 1. The summed E-state index contributed by atoms with van der Waals surface area (Å²) in [6, 6.07) is 7.34. The highest BCUT2D eigenvalue weighted by molar-refractivity contribution is 5.75. The lowest BCUT2D eigenvalue weighted by molar-refractivity contribution is 0.0921. The van der Waals surface area contributed by atoms with E-state index in [4.69, 9.17) is 0 Å². The van der Waals surface area contributed by atoms with Crippen molar-refractivity contribution in [1.82, 2.24) is 14.8 Å². The van der Waals surface area contributed by atoms with E-state index in [9.17, 15) is 4.79 Å². The van der Waals surface area contributed by atoms with Crippen LogP contribution >= 0.6 is 0 Å². The summed E-state index contributed by atoms with van der Waals surface area (Å²) in [5.74, 6) is -0.104. The second-order valence-corrected chi connectivity index (χ2v) is 2.88. The summed E-state index contributed by atoms with van der Waals surface area (Å²) in [6.45, 7) is 1.47. The number of aromatic nitrogens is 3. The molecule has 0 aliphatic carbocycles. The molecule has 14 heavy (non-hydrogen) atoms. The van der Waals surface area contributed by atoms with Crippen LogP contribution in [-0.4, -0.2) is 20.7 Å². The normalized spacial score (nSPS) is 10.1. The van der Waals surface area contributed by atoms with Gasteiger partial charge in [-0.2, -0.15) is 5.10 Å². The van der Waals surface area contributed by atoms with Crippen LogP contribution < -0.4 is 0 Å². The van der Waals surface area contributed by atoms with Gasteiger partial charge < -0.3 is 0 Å². The van der Waals surface area contributed by atoms with Crippen molar-refractivity contribution in [1.29, 1.82) is 0 Å². The number of hydrogen-bond acceptors (Lipinski definition) is 3. The number of rotatable bonds is 1. The molecule has 0 unspecified atom stereocenters. The zero-order chi connectivity index (χ0) is 9.97. The van der Waals surface area contributed by atoms with Gasteiger partial charge in [-0.05, 0) is 18.2 Å². The summed E-state index contributed by atoms with van der Waals surface area (Å²) in [5, 5.41) is 4.08. The molecule has 70 valence electrons. The zero-order valence-electron chi connectivity index (χ0n) is 7.71. The van der Waals surface area contributed by atoms with E-state index in [0.29, 0.717) is 5.69 Å². The van der Waals surface area contributed by atoms with Crippen molar-refractivity contribution in [2.75, 3.05) is 0 Å². The first-order chi connectivity index (χ1) is 6.77. The third kappa shape index (κ3) is 1.54. The van der Waals surface area contributed by atoms with Crippen molar-refractivity contribution in [3.63, 3.8) is 0 Å². The molecule has 2 aromatic rings. The highest BCUT2D eigenvalue weighted by atomic mass is 16.2. The van der Waals surface area contributed by atoms with Crippen molar-refractivity contribution < 1.29 is 4.79 Å². The number of carbonyl (C=O) groups is 1. The Morgan fingerprint density at radius 1 is 1.29 bits per heavy atom. The second kappa shape index (κ2) is 3.41. The van der Waals surface area contributed by atoms with Gasteiger partial charge in [-0.25, -0.2) is 4.68 Å². The molecule has 0 bridgehead atoms.